The number of rotatable bonds is 8. The van der Waals surface area contributed by atoms with Crippen LogP contribution in [0, 0.1) is 0 Å². The number of carbonyl (C=O) groups is 1. The summed E-state index contributed by atoms with van der Waals surface area (Å²) in [6.45, 7) is -0.663. The third-order valence-corrected chi connectivity index (χ3v) is 3.52. The van der Waals surface area contributed by atoms with Crippen LogP contribution < -0.4 is 10.5 Å². The van der Waals surface area contributed by atoms with Crippen LogP contribution in [-0.4, -0.2) is 48.7 Å². The largest absolute Gasteiger partial charge is 0.497 e. The van der Waals surface area contributed by atoms with Gasteiger partial charge in [-0.25, -0.2) is 4.79 Å². The molecule has 1 rings (SSSR count). The molecule has 0 fully saturated rings. The minimum Gasteiger partial charge on any atom is -0.497 e. The van der Waals surface area contributed by atoms with Crippen LogP contribution in [0.25, 0.3) is 0 Å². The SMILES string of the molecule is COC(=O)C(N)(CO)C(O)CCCc1ccc(OC)cc1. The van der Waals surface area contributed by atoms with Gasteiger partial charge in [-0.2, -0.15) is 0 Å². The van der Waals surface area contributed by atoms with Crippen molar-refractivity contribution in [3.8, 4) is 5.75 Å². The lowest BCUT2D eigenvalue weighted by molar-refractivity contribution is -0.154. The van der Waals surface area contributed by atoms with E-state index in [1.807, 2.05) is 24.3 Å². The molecule has 0 bridgehead atoms. The Balaban J connectivity index is 2.51. The molecule has 118 valence electrons. The molecule has 0 saturated carbocycles. The molecule has 1 aromatic carbocycles. The number of methoxy groups -OCH3 is 2. The number of ether oxygens (including phenoxy) is 2. The van der Waals surface area contributed by atoms with E-state index in [0.717, 1.165) is 17.7 Å². The fourth-order valence-electron chi connectivity index (χ4n) is 2.05. The van der Waals surface area contributed by atoms with Gasteiger partial charge in [-0.3, -0.25) is 0 Å². The van der Waals surface area contributed by atoms with E-state index in [2.05, 4.69) is 4.74 Å². The van der Waals surface area contributed by atoms with Crippen molar-refractivity contribution in [3.05, 3.63) is 29.8 Å². The van der Waals surface area contributed by atoms with Crippen LogP contribution >= 0.6 is 0 Å². The molecule has 0 aliphatic rings. The molecule has 21 heavy (non-hydrogen) atoms. The van der Waals surface area contributed by atoms with Gasteiger partial charge in [0, 0.05) is 0 Å². The number of aryl methyl sites for hydroxylation is 1. The zero-order valence-corrected chi connectivity index (χ0v) is 12.4. The van der Waals surface area contributed by atoms with Gasteiger partial charge in [-0.1, -0.05) is 12.1 Å². The van der Waals surface area contributed by atoms with Gasteiger partial charge in [-0.05, 0) is 37.0 Å². The predicted octanol–water partition coefficient (Wildman–Crippen LogP) is 0.242. The molecule has 0 radical (unpaired) electrons. The Morgan fingerprint density at radius 2 is 1.95 bits per heavy atom. The minimum absolute atomic E-state index is 0.290. The number of nitrogens with two attached hydrogens (primary N) is 1. The predicted molar refractivity (Wildman–Crippen MR) is 78.0 cm³/mol. The number of esters is 1. The normalized spacial score (nSPS) is 15.1. The zero-order valence-electron chi connectivity index (χ0n) is 12.4. The fraction of sp³-hybridized carbons (Fsp3) is 0.533. The maximum Gasteiger partial charge on any atom is 0.330 e. The molecule has 2 unspecified atom stereocenters. The molecule has 1 aromatic rings. The van der Waals surface area contributed by atoms with Crippen LogP contribution in [0.4, 0.5) is 0 Å². The van der Waals surface area contributed by atoms with Gasteiger partial charge in [0.1, 0.15) is 5.75 Å². The summed E-state index contributed by atoms with van der Waals surface area (Å²) >= 11 is 0. The minimum atomic E-state index is -1.77. The van der Waals surface area contributed by atoms with Crippen molar-refractivity contribution >= 4 is 5.97 Å². The lowest BCUT2D eigenvalue weighted by atomic mass is 9.90. The number of aliphatic hydroxyl groups is 2. The van der Waals surface area contributed by atoms with E-state index in [9.17, 15) is 15.0 Å². The van der Waals surface area contributed by atoms with E-state index in [-0.39, 0.29) is 6.42 Å². The van der Waals surface area contributed by atoms with E-state index >= 15 is 0 Å². The number of hydrogen-bond donors (Lipinski definition) is 3. The van der Waals surface area contributed by atoms with E-state index in [4.69, 9.17) is 10.5 Å². The van der Waals surface area contributed by atoms with Crippen molar-refractivity contribution in [1.82, 2.24) is 0 Å². The molecule has 2 atom stereocenters. The Labute approximate surface area is 124 Å². The first-order valence-electron chi connectivity index (χ1n) is 6.77. The highest BCUT2D eigenvalue weighted by atomic mass is 16.5. The van der Waals surface area contributed by atoms with Gasteiger partial charge in [-0.15, -0.1) is 0 Å². The second-order valence-electron chi connectivity index (χ2n) is 4.95. The van der Waals surface area contributed by atoms with Gasteiger partial charge in [0.05, 0.1) is 26.9 Å². The van der Waals surface area contributed by atoms with Crippen molar-refractivity contribution in [2.75, 3.05) is 20.8 Å². The topological polar surface area (TPSA) is 102 Å². The Kier molecular flexibility index (Phi) is 6.61. The average Bonchev–Trinajstić information content (AvgIpc) is 2.53. The van der Waals surface area contributed by atoms with E-state index in [0.29, 0.717) is 6.42 Å². The smallest absolute Gasteiger partial charge is 0.330 e. The standard InChI is InChI=1S/C15H23NO5/c1-20-12-8-6-11(7-9-12)4-3-5-13(18)15(16,10-17)14(19)21-2/h6-9,13,17-18H,3-5,10,16H2,1-2H3. The third-order valence-electron chi connectivity index (χ3n) is 3.52. The Morgan fingerprint density at radius 1 is 1.33 bits per heavy atom. The molecule has 0 saturated heterocycles. The molecule has 6 nitrogen and oxygen atoms in total. The second-order valence-corrected chi connectivity index (χ2v) is 4.95. The molecular formula is C15H23NO5. The summed E-state index contributed by atoms with van der Waals surface area (Å²) in [5.41, 5.74) is 5.04. The van der Waals surface area contributed by atoms with Gasteiger partial charge in [0.25, 0.3) is 0 Å². The van der Waals surface area contributed by atoms with Gasteiger partial charge in [0.15, 0.2) is 5.54 Å². The summed E-state index contributed by atoms with van der Waals surface area (Å²) in [5.74, 6) is -0.0346. The molecule has 6 heteroatoms. The molecule has 0 aromatic heterocycles. The first-order chi connectivity index (χ1) is 9.97. The summed E-state index contributed by atoms with van der Waals surface area (Å²) in [5, 5.41) is 19.3. The molecule has 0 aliphatic heterocycles. The van der Waals surface area contributed by atoms with Crippen molar-refractivity contribution in [2.45, 2.75) is 30.9 Å². The van der Waals surface area contributed by atoms with Crippen LogP contribution in [0.3, 0.4) is 0 Å². The lowest BCUT2D eigenvalue weighted by Crippen LogP contribution is -2.60. The van der Waals surface area contributed by atoms with Gasteiger partial charge < -0.3 is 25.4 Å². The van der Waals surface area contributed by atoms with Crippen LogP contribution in [0.5, 0.6) is 5.75 Å². The van der Waals surface area contributed by atoms with Gasteiger partial charge >= 0.3 is 5.97 Å². The third kappa shape index (κ3) is 4.42. The monoisotopic (exact) mass is 297 g/mol. The Bertz CT molecular complexity index is 448. The Morgan fingerprint density at radius 3 is 2.43 bits per heavy atom. The highest BCUT2D eigenvalue weighted by molar-refractivity contribution is 5.81. The fourth-order valence-corrected chi connectivity index (χ4v) is 2.05. The molecule has 0 heterocycles. The molecule has 0 spiro atoms. The maximum absolute atomic E-state index is 11.5. The lowest BCUT2D eigenvalue weighted by Gasteiger charge is -2.29. The van der Waals surface area contributed by atoms with Crippen LogP contribution in [-0.2, 0) is 16.0 Å². The highest BCUT2D eigenvalue weighted by Crippen LogP contribution is 2.17. The second kappa shape index (κ2) is 7.97. The average molecular weight is 297 g/mol. The van der Waals surface area contributed by atoms with E-state index < -0.39 is 24.2 Å². The van der Waals surface area contributed by atoms with Crippen LogP contribution in [0.15, 0.2) is 24.3 Å². The quantitative estimate of drug-likeness (QED) is 0.594. The summed E-state index contributed by atoms with van der Waals surface area (Å²) in [4.78, 5) is 11.5. The molecule has 4 N–H and O–H groups in total. The van der Waals surface area contributed by atoms with Crippen molar-refractivity contribution in [2.24, 2.45) is 5.73 Å². The summed E-state index contributed by atoms with van der Waals surface area (Å²) in [7, 11) is 2.78. The summed E-state index contributed by atoms with van der Waals surface area (Å²) in [6.07, 6.45) is 0.485. The van der Waals surface area contributed by atoms with Crippen molar-refractivity contribution < 1.29 is 24.5 Å². The number of carbonyl (C=O) groups excluding carboxylic acids is 1. The summed E-state index contributed by atoms with van der Waals surface area (Å²) in [6, 6.07) is 7.60. The van der Waals surface area contributed by atoms with Crippen molar-refractivity contribution in [1.29, 1.82) is 0 Å². The van der Waals surface area contributed by atoms with Gasteiger partial charge in [0.2, 0.25) is 0 Å². The molecule has 0 aliphatic carbocycles. The van der Waals surface area contributed by atoms with Crippen LogP contribution in [0.1, 0.15) is 18.4 Å². The number of benzene rings is 1. The van der Waals surface area contributed by atoms with Crippen LogP contribution in [0.2, 0.25) is 0 Å². The highest BCUT2D eigenvalue weighted by Gasteiger charge is 2.41. The molecular weight excluding hydrogens is 274 g/mol. The Hall–Kier alpha value is -1.63. The maximum atomic E-state index is 11.5. The number of hydrogen-bond acceptors (Lipinski definition) is 6. The number of aliphatic hydroxyl groups excluding tert-OH is 2. The zero-order chi connectivity index (χ0) is 15.9. The first kappa shape index (κ1) is 17.4. The van der Waals surface area contributed by atoms with Crippen molar-refractivity contribution in [3.63, 3.8) is 0 Å². The summed E-state index contributed by atoms with van der Waals surface area (Å²) < 4.78 is 9.59. The first-order valence-corrected chi connectivity index (χ1v) is 6.77. The molecule has 0 amide bonds. The van der Waals surface area contributed by atoms with E-state index in [1.54, 1.807) is 7.11 Å². The van der Waals surface area contributed by atoms with E-state index in [1.165, 1.54) is 7.11 Å².